The fourth-order valence-electron chi connectivity index (χ4n) is 2.76. The van der Waals surface area contributed by atoms with E-state index in [1.54, 1.807) is 0 Å². The number of aliphatic hydroxyl groups excluding tert-OH is 1. The second-order valence-corrected chi connectivity index (χ2v) is 6.15. The van der Waals surface area contributed by atoms with E-state index in [0.29, 0.717) is 12.5 Å². The first kappa shape index (κ1) is 23.4. The molecule has 0 heterocycles. The molecule has 0 aliphatic heterocycles. The quantitative estimate of drug-likeness (QED) is 0.164. The van der Waals surface area contributed by atoms with Crippen molar-refractivity contribution in [2.24, 2.45) is 4.99 Å². The Morgan fingerprint density at radius 3 is 2.46 bits per heavy atom. The number of unbranched alkanes of at least 4 members (excludes halogenated alkanes) is 3. The topological polar surface area (TPSA) is 83.0 Å². The van der Waals surface area contributed by atoms with Gasteiger partial charge in [0.2, 0.25) is 0 Å². The Morgan fingerprint density at radius 1 is 1.17 bits per heavy atom. The normalized spacial score (nSPS) is 20.9. The third kappa shape index (κ3) is 11.1. The Bertz CT molecular complexity index is 359. The van der Waals surface area contributed by atoms with Crippen LogP contribution < -0.4 is 10.6 Å². The molecule has 24 heavy (non-hydrogen) atoms. The van der Waals surface area contributed by atoms with Crippen LogP contribution >= 0.6 is 24.0 Å². The van der Waals surface area contributed by atoms with Gasteiger partial charge in [-0.05, 0) is 45.4 Å². The number of ether oxygens (including phenoxy) is 1. The lowest BCUT2D eigenvalue weighted by atomic mass is 9.93. The van der Waals surface area contributed by atoms with Gasteiger partial charge in [0.1, 0.15) is 0 Å². The number of aliphatic hydroxyl groups is 1. The second kappa shape index (κ2) is 14.7. The van der Waals surface area contributed by atoms with Crippen LogP contribution in [-0.4, -0.2) is 49.4 Å². The summed E-state index contributed by atoms with van der Waals surface area (Å²) < 4.78 is 4.62. The Labute approximate surface area is 163 Å². The minimum atomic E-state index is -0.127. The molecule has 7 heteroatoms. The van der Waals surface area contributed by atoms with Crippen LogP contribution in [0.2, 0.25) is 0 Å². The summed E-state index contributed by atoms with van der Waals surface area (Å²) in [7, 11) is 1.43. The molecule has 1 fully saturated rings. The molecule has 1 saturated carbocycles. The summed E-state index contributed by atoms with van der Waals surface area (Å²) in [5.41, 5.74) is 0. The third-order valence-corrected chi connectivity index (χ3v) is 4.17. The Balaban J connectivity index is 0.00000529. The summed E-state index contributed by atoms with van der Waals surface area (Å²) >= 11 is 0. The molecular weight excluding hydrogens is 421 g/mol. The molecule has 0 aromatic heterocycles. The van der Waals surface area contributed by atoms with Gasteiger partial charge in [0, 0.05) is 25.6 Å². The van der Waals surface area contributed by atoms with Crippen LogP contribution in [0.25, 0.3) is 0 Å². The zero-order valence-electron chi connectivity index (χ0n) is 15.1. The van der Waals surface area contributed by atoms with E-state index >= 15 is 0 Å². The third-order valence-electron chi connectivity index (χ3n) is 4.17. The van der Waals surface area contributed by atoms with Crippen molar-refractivity contribution < 1.29 is 14.6 Å². The highest BCUT2D eigenvalue weighted by Crippen LogP contribution is 2.18. The molecule has 0 radical (unpaired) electrons. The largest absolute Gasteiger partial charge is 0.469 e. The molecule has 1 rings (SSSR count). The number of carbonyl (C=O) groups excluding carboxylic acids is 1. The van der Waals surface area contributed by atoms with E-state index < -0.39 is 0 Å². The number of methoxy groups -OCH3 is 1. The Kier molecular flexibility index (Phi) is 14.4. The molecule has 1 aliphatic rings. The fourth-order valence-corrected chi connectivity index (χ4v) is 2.76. The van der Waals surface area contributed by atoms with Crippen LogP contribution in [0, 0.1) is 0 Å². The Hall–Kier alpha value is -0.570. The number of guanidine groups is 1. The van der Waals surface area contributed by atoms with Crippen LogP contribution in [0.1, 0.15) is 64.7 Å². The zero-order chi connectivity index (χ0) is 16.9. The molecule has 0 aromatic carbocycles. The van der Waals surface area contributed by atoms with Crippen LogP contribution in [0.5, 0.6) is 0 Å². The number of hydrogen-bond acceptors (Lipinski definition) is 4. The average molecular weight is 455 g/mol. The van der Waals surface area contributed by atoms with E-state index in [1.165, 1.54) is 7.11 Å². The first-order valence-electron chi connectivity index (χ1n) is 8.95. The van der Waals surface area contributed by atoms with Gasteiger partial charge in [-0.3, -0.25) is 9.79 Å². The van der Waals surface area contributed by atoms with Crippen molar-refractivity contribution >= 4 is 35.9 Å². The molecule has 3 N–H and O–H groups in total. The molecule has 0 amide bonds. The highest BCUT2D eigenvalue weighted by molar-refractivity contribution is 14.0. The first-order valence-corrected chi connectivity index (χ1v) is 8.95. The summed E-state index contributed by atoms with van der Waals surface area (Å²) in [6.07, 6.45) is 8.16. The number of halogens is 1. The maximum Gasteiger partial charge on any atom is 0.305 e. The van der Waals surface area contributed by atoms with Crippen LogP contribution in [0.3, 0.4) is 0 Å². The maximum absolute atomic E-state index is 11.0. The van der Waals surface area contributed by atoms with E-state index in [1.807, 2.05) is 0 Å². The first-order chi connectivity index (χ1) is 11.2. The predicted octanol–water partition coefficient (Wildman–Crippen LogP) is 2.59. The minimum absolute atomic E-state index is 0. The lowest BCUT2D eigenvalue weighted by molar-refractivity contribution is -0.140. The van der Waals surface area contributed by atoms with E-state index in [-0.39, 0.29) is 36.0 Å². The number of nitrogens with zero attached hydrogens (tertiary/aromatic N) is 1. The number of hydrogen-bond donors (Lipinski definition) is 3. The summed E-state index contributed by atoms with van der Waals surface area (Å²) in [4.78, 5) is 15.6. The number of esters is 1. The van der Waals surface area contributed by atoms with Crippen molar-refractivity contribution in [1.82, 2.24) is 10.6 Å². The molecule has 0 saturated heterocycles. The highest BCUT2D eigenvalue weighted by atomic mass is 127. The van der Waals surface area contributed by atoms with Crippen LogP contribution in [-0.2, 0) is 9.53 Å². The van der Waals surface area contributed by atoms with Gasteiger partial charge in [0.05, 0.1) is 13.2 Å². The summed E-state index contributed by atoms with van der Waals surface area (Å²) in [5, 5.41) is 16.3. The second-order valence-electron chi connectivity index (χ2n) is 6.15. The van der Waals surface area contributed by atoms with Crippen molar-refractivity contribution in [3.63, 3.8) is 0 Å². The molecule has 0 aromatic rings. The van der Waals surface area contributed by atoms with E-state index in [2.05, 4.69) is 27.3 Å². The van der Waals surface area contributed by atoms with Crippen molar-refractivity contribution in [1.29, 1.82) is 0 Å². The summed E-state index contributed by atoms with van der Waals surface area (Å²) in [6.45, 7) is 3.71. The van der Waals surface area contributed by atoms with Gasteiger partial charge in [-0.2, -0.15) is 0 Å². The van der Waals surface area contributed by atoms with Crippen molar-refractivity contribution in [3.8, 4) is 0 Å². The molecule has 6 nitrogen and oxygen atoms in total. The van der Waals surface area contributed by atoms with Crippen LogP contribution in [0.4, 0.5) is 0 Å². The van der Waals surface area contributed by atoms with E-state index in [4.69, 9.17) is 0 Å². The maximum atomic E-state index is 11.0. The number of nitrogens with one attached hydrogen (secondary N) is 2. The molecule has 1 aliphatic carbocycles. The predicted molar refractivity (Wildman–Crippen MR) is 108 cm³/mol. The van der Waals surface area contributed by atoms with E-state index in [0.717, 1.165) is 70.4 Å². The fraction of sp³-hybridized carbons (Fsp3) is 0.882. The molecular formula is C17H34IN3O3. The lowest BCUT2D eigenvalue weighted by Crippen LogP contribution is -2.45. The number of carbonyl (C=O) groups is 1. The summed E-state index contributed by atoms with van der Waals surface area (Å²) in [6, 6.07) is 0.413. The number of aliphatic imine (C=N–C) groups is 1. The number of rotatable bonds is 9. The Morgan fingerprint density at radius 2 is 1.83 bits per heavy atom. The molecule has 142 valence electrons. The smallest absolute Gasteiger partial charge is 0.305 e. The standard InChI is InChI=1S/C17H33N3O3.HI/c1-3-18-17(20-14-9-11-15(21)12-10-14)19-13-7-5-4-6-8-16(22)23-2;/h14-15,21H,3-13H2,1-2H3,(H2,18,19,20);1H. The van der Waals surface area contributed by atoms with Gasteiger partial charge >= 0.3 is 5.97 Å². The van der Waals surface area contributed by atoms with Gasteiger partial charge < -0.3 is 20.5 Å². The van der Waals surface area contributed by atoms with Crippen LogP contribution in [0.15, 0.2) is 4.99 Å². The molecule has 0 bridgehead atoms. The summed E-state index contributed by atoms with van der Waals surface area (Å²) in [5.74, 6) is 0.753. The van der Waals surface area contributed by atoms with Gasteiger partial charge in [-0.25, -0.2) is 0 Å². The molecule has 0 spiro atoms. The van der Waals surface area contributed by atoms with Gasteiger partial charge in [0.25, 0.3) is 0 Å². The SMILES string of the molecule is CCNC(=NCCCCCCC(=O)OC)NC1CCC(O)CC1.I. The zero-order valence-corrected chi connectivity index (χ0v) is 17.4. The highest BCUT2D eigenvalue weighted by Gasteiger charge is 2.19. The monoisotopic (exact) mass is 455 g/mol. The minimum Gasteiger partial charge on any atom is -0.469 e. The van der Waals surface area contributed by atoms with Gasteiger partial charge in [-0.15, -0.1) is 24.0 Å². The van der Waals surface area contributed by atoms with Crippen molar-refractivity contribution in [3.05, 3.63) is 0 Å². The lowest BCUT2D eigenvalue weighted by Gasteiger charge is -2.27. The average Bonchev–Trinajstić information content (AvgIpc) is 2.55. The van der Waals surface area contributed by atoms with Gasteiger partial charge in [0.15, 0.2) is 5.96 Å². The van der Waals surface area contributed by atoms with E-state index in [9.17, 15) is 9.90 Å². The van der Waals surface area contributed by atoms with Crippen molar-refractivity contribution in [2.45, 2.75) is 76.9 Å². The molecule has 0 unspecified atom stereocenters. The molecule has 0 atom stereocenters. The van der Waals surface area contributed by atoms with Gasteiger partial charge in [-0.1, -0.05) is 12.8 Å². The van der Waals surface area contributed by atoms with Crippen molar-refractivity contribution in [2.75, 3.05) is 20.2 Å².